The smallest absolute Gasteiger partial charge is 0.236 e. The molecule has 0 N–H and O–H groups in total. The summed E-state index contributed by atoms with van der Waals surface area (Å²) in [5, 5.41) is 8.38. The standard InChI is InChI=1S/C10H17N3O/c1-12(6-4-5-11)10(14)9-13-7-2-3-8-13/h2-4,6-9H2,1H3. The summed E-state index contributed by atoms with van der Waals surface area (Å²) in [5.41, 5.74) is 0. The molecule has 4 heteroatoms. The van der Waals surface area contributed by atoms with Crippen molar-refractivity contribution in [3.8, 4) is 6.07 Å². The van der Waals surface area contributed by atoms with Crippen LogP contribution in [0.2, 0.25) is 0 Å². The van der Waals surface area contributed by atoms with Gasteiger partial charge in [0.05, 0.1) is 19.0 Å². The summed E-state index contributed by atoms with van der Waals surface area (Å²) >= 11 is 0. The molecule has 1 amide bonds. The van der Waals surface area contributed by atoms with Crippen molar-refractivity contribution >= 4 is 5.91 Å². The first-order valence-electron chi connectivity index (χ1n) is 5.07. The number of nitriles is 1. The Kier molecular flexibility index (Phi) is 4.41. The topological polar surface area (TPSA) is 47.3 Å². The Balaban J connectivity index is 2.22. The van der Waals surface area contributed by atoms with Crippen molar-refractivity contribution < 1.29 is 4.79 Å². The second-order valence-electron chi connectivity index (χ2n) is 3.71. The maximum absolute atomic E-state index is 11.6. The Morgan fingerprint density at radius 2 is 2.14 bits per heavy atom. The minimum atomic E-state index is 0.127. The fourth-order valence-electron chi connectivity index (χ4n) is 1.60. The molecule has 4 nitrogen and oxygen atoms in total. The van der Waals surface area contributed by atoms with Gasteiger partial charge in [-0.05, 0) is 25.9 Å². The number of likely N-dealkylation sites (tertiary alicyclic amines) is 1. The van der Waals surface area contributed by atoms with Crippen molar-refractivity contribution in [2.24, 2.45) is 0 Å². The quantitative estimate of drug-likeness (QED) is 0.654. The molecule has 0 aliphatic carbocycles. The van der Waals surface area contributed by atoms with Gasteiger partial charge in [-0.1, -0.05) is 0 Å². The minimum Gasteiger partial charge on any atom is -0.344 e. The number of hydrogen-bond donors (Lipinski definition) is 0. The van der Waals surface area contributed by atoms with E-state index < -0.39 is 0 Å². The average molecular weight is 195 g/mol. The first kappa shape index (κ1) is 11.0. The number of likely N-dealkylation sites (N-methyl/N-ethyl adjacent to an activating group) is 1. The normalized spacial score (nSPS) is 16.6. The van der Waals surface area contributed by atoms with Crippen LogP contribution in [0.3, 0.4) is 0 Å². The predicted molar refractivity (Wildman–Crippen MR) is 53.5 cm³/mol. The third kappa shape index (κ3) is 3.35. The highest BCUT2D eigenvalue weighted by atomic mass is 16.2. The number of carbonyl (C=O) groups is 1. The molecule has 0 spiro atoms. The Hall–Kier alpha value is -1.08. The van der Waals surface area contributed by atoms with Crippen LogP contribution >= 0.6 is 0 Å². The third-order valence-electron chi connectivity index (χ3n) is 2.54. The molecule has 0 aromatic heterocycles. The second kappa shape index (κ2) is 5.61. The van der Waals surface area contributed by atoms with E-state index >= 15 is 0 Å². The number of hydrogen-bond acceptors (Lipinski definition) is 3. The van der Waals surface area contributed by atoms with Gasteiger partial charge in [-0.2, -0.15) is 5.26 Å². The Bertz CT molecular complexity index is 228. The van der Waals surface area contributed by atoms with E-state index in [0.717, 1.165) is 13.1 Å². The molecule has 1 rings (SSSR count). The van der Waals surface area contributed by atoms with E-state index in [4.69, 9.17) is 5.26 Å². The molecule has 0 unspecified atom stereocenters. The van der Waals surface area contributed by atoms with Crippen molar-refractivity contribution in [1.82, 2.24) is 9.80 Å². The number of nitrogens with zero attached hydrogens (tertiary/aromatic N) is 3. The summed E-state index contributed by atoms with van der Waals surface area (Å²) in [6, 6.07) is 2.04. The van der Waals surface area contributed by atoms with Gasteiger partial charge in [0.2, 0.25) is 5.91 Å². The van der Waals surface area contributed by atoms with Gasteiger partial charge < -0.3 is 4.90 Å². The molecule has 78 valence electrons. The Labute approximate surface area is 85.1 Å². The van der Waals surface area contributed by atoms with Crippen LogP contribution in [-0.2, 0) is 4.79 Å². The van der Waals surface area contributed by atoms with Crippen LogP contribution in [0.5, 0.6) is 0 Å². The van der Waals surface area contributed by atoms with Crippen LogP contribution in [0.1, 0.15) is 19.3 Å². The maximum atomic E-state index is 11.6. The molecule has 0 aromatic carbocycles. The molecule has 1 fully saturated rings. The van der Waals surface area contributed by atoms with Crippen molar-refractivity contribution in [2.75, 3.05) is 33.2 Å². The van der Waals surface area contributed by atoms with Crippen LogP contribution < -0.4 is 0 Å². The first-order chi connectivity index (χ1) is 6.74. The fourth-order valence-corrected chi connectivity index (χ4v) is 1.60. The van der Waals surface area contributed by atoms with E-state index in [1.54, 1.807) is 11.9 Å². The lowest BCUT2D eigenvalue weighted by Crippen LogP contribution is -2.37. The zero-order valence-corrected chi connectivity index (χ0v) is 8.70. The highest BCUT2D eigenvalue weighted by molar-refractivity contribution is 5.78. The lowest BCUT2D eigenvalue weighted by Gasteiger charge is -2.20. The van der Waals surface area contributed by atoms with Gasteiger partial charge in [0.25, 0.3) is 0 Å². The van der Waals surface area contributed by atoms with Gasteiger partial charge in [-0.15, -0.1) is 0 Å². The predicted octanol–water partition coefficient (Wildman–Crippen LogP) is 0.454. The second-order valence-corrected chi connectivity index (χ2v) is 3.71. The molecule has 1 aliphatic heterocycles. The summed E-state index contributed by atoms with van der Waals surface area (Å²) in [6.45, 7) is 3.14. The number of rotatable bonds is 4. The first-order valence-corrected chi connectivity index (χ1v) is 5.07. The van der Waals surface area contributed by atoms with Crippen molar-refractivity contribution in [3.05, 3.63) is 0 Å². The Morgan fingerprint density at radius 3 is 2.71 bits per heavy atom. The molecular weight excluding hydrogens is 178 g/mol. The largest absolute Gasteiger partial charge is 0.344 e. The highest BCUT2D eigenvalue weighted by Gasteiger charge is 2.17. The summed E-state index contributed by atoms with van der Waals surface area (Å²) in [6.07, 6.45) is 2.83. The van der Waals surface area contributed by atoms with Gasteiger partial charge in [-0.3, -0.25) is 9.69 Å². The van der Waals surface area contributed by atoms with Gasteiger partial charge in [-0.25, -0.2) is 0 Å². The molecule has 0 aromatic rings. The van der Waals surface area contributed by atoms with Crippen LogP contribution in [0.15, 0.2) is 0 Å². The highest BCUT2D eigenvalue weighted by Crippen LogP contribution is 2.06. The molecule has 14 heavy (non-hydrogen) atoms. The molecule has 1 saturated heterocycles. The van der Waals surface area contributed by atoms with E-state index in [9.17, 15) is 4.79 Å². The van der Waals surface area contributed by atoms with E-state index in [0.29, 0.717) is 19.5 Å². The zero-order chi connectivity index (χ0) is 10.4. The molecule has 1 aliphatic rings. The van der Waals surface area contributed by atoms with E-state index in [-0.39, 0.29) is 5.91 Å². The summed E-state index contributed by atoms with van der Waals surface area (Å²) in [4.78, 5) is 15.4. The molecule has 0 atom stereocenters. The molecule has 0 radical (unpaired) electrons. The van der Waals surface area contributed by atoms with Crippen molar-refractivity contribution in [2.45, 2.75) is 19.3 Å². The Morgan fingerprint density at radius 1 is 1.50 bits per heavy atom. The van der Waals surface area contributed by atoms with Crippen LogP contribution in [-0.4, -0.2) is 48.9 Å². The maximum Gasteiger partial charge on any atom is 0.236 e. The van der Waals surface area contributed by atoms with Crippen molar-refractivity contribution in [1.29, 1.82) is 5.26 Å². The SMILES string of the molecule is CN(CCC#N)C(=O)CN1CCCC1. The van der Waals surface area contributed by atoms with E-state index in [2.05, 4.69) is 4.90 Å². The van der Waals surface area contributed by atoms with Crippen LogP contribution in [0.25, 0.3) is 0 Å². The monoisotopic (exact) mass is 195 g/mol. The van der Waals surface area contributed by atoms with E-state index in [1.165, 1.54) is 12.8 Å². The summed E-state index contributed by atoms with van der Waals surface area (Å²) in [7, 11) is 1.76. The fraction of sp³-hybridized carbons (Fsp3) is 0.800. The summed E-state index contributed by atoms with van der Waals surface area (Å²) in [5.74, 6) is 0.127. The van der Waals surface area contributed by atoms with Crippen molar-refractivity contribution in [3.63, 3.8) is 0 Å². The molecule has 1 heterocycles. The summed E-state index contributed by atoms with van der Waals surface area (Å²) < 4.78 is 0. The van der Waals surface area contributed by atoms with Gasteiger partial charge >= 0.3 is 0 Å². The zero-order valence-electron chi connectivity index (χ0n) is 8.70. The molecular formula is C10H17N3O. The van der Waals surface area contributed by atoms with Gasteiger partial charge in [0.1, 0.15) is 0 Å². The van der Waals surface area contributed by atoms with E-state index in [1.807, 2.05) is 6.07 Å². The van der Waals surface area contributed by atoms with Gasteiger partial charge in [0.15, 0.2) is 0 Å². The van der Waals surface area contributed by atoms with Crippen LogP contribution in [0, 0.1) is 11.3 Å². The number of amides is 1. The molecule has 0 bridgehead atoms. The van der Waals surface area contributed by atoms with Crippen LogP contribution in [0.4, 0.5) is 0 Å². The minimum absolute atomic E-state index is 0.127. The van der Waals surface area contributed by atoms with Gasteiger partial charge in [0, 0.05) is 13.6 Å². The number of carbonyl (C=O) groups excluding carboxylic acids is 1. The lowest BCUT2D eigenvalue weighted by molar-refractivity contribution is -0.130. The molecule has 0 saturated carbocycles. The third-order valence-corrected chi connectivity index (χ3v) is 2.54. The average Bonchev–Trinajstić information content (AvgIpc) is 2.66. The lowest BCUT2D eigenvalue weighted by atomic mass is 10.4.